The van der Waals surface area contributed by atoms with Crippen LogP contribution >= 0.6 is 0 Å². The molecule has 0 saturated carbocycles. The Morgan fingerprint density at radius 1 is 1.00 bits per heavy atom. The van der Waals surface area contributed by atoms with Gasteiger partial charge in [0.2, 0.25) is 0 Å². The molecule has 0 amide bonds. The predicted octanol–water partition coefficient (Wildman–Crippen LogP) is 3.64. The number of aryl methyl sites for hydroxylation is 3. The van der Waals surface area contributed by atoms with Crippen LogP contribution in [0.15, 0.2) is 30.3 Å². The summed E-state index contributed by atoms with van der Waals surface area (Å²) in [6.45, 7) is 6.47. The Bertz CT molecular complexity index is 611. The molecule has 17 heavy (non-hydrogen) atoms. The van der Waals surface area contributed by atoms with Crippen molar-refractivity contribution in [2.45, 2.75) is 26.8 Å². The first-order chi connectivity index (χ1) is 8.09. The van der Waals surface area contributed by atoms with Gasteiger partial charge in [-0.05, 0) is 54.2 Å². The molecule has 0 aliphatic heterocycles. The van der Waals surface area contributed by atoms with Gasteiger partial charge in [0, 0.05) is 0 Å². The second kappa shape index (κ2) is 3.44. The minimum absolute atomic E-state index is 0.0421. The normalized spacial score (nSPS) is 16.8. The summed E-state index contributed by atoms with van der Waals surface area (Å²) in [5.74, 6) is 0. The van der Waals surface area contributed by atoms with E-state index in [0.717, 1.165) is 0 Å². The molecule has 1 heteroatoms. The summed E-state index contributed by atoms with van der Waals surface area (Å²) >= 11 is 0. The fraction of sp³-hybridized carbons (Fsp3) is 0.250. The first-order valence-electron chi connectivity index (χ1n) is 6.06. The summed E-state index contributed by atoms with van der Waals surface area (Å²) < 4.78 is 0. The fourth-order valence-corrected chi connectivity index (χ4v) is 3.07. The molecular formula is C16H17N. The molecule has 3 rings (SSSR count). The Labute approximate surface area is 102 Å². The molecule has 1 unspecified atom stereocenters. The molecule has 0 fully saturated rings. The summed E-state index contributed by atoms with van der Waals surface area (Å²) in [6, 6.07) is 10.9. The van der Waals surface area contributed by atoms with Crippen molar-refractivity contribution in [1.82, 2.24) is 0 Å². The number of benzene rings is 2. The maximum atomic E-state index is 6.38. The summed E-state index contributed by atoms with van der Waals surface area (Å²) in [5.41, 5.74) is 15.6. The molecule has 1 aliphatic rings. The molecule has 1 aliphatic carbocycles. The van der Waals surface area contributed by atoms with Crippen molar-refractivity contribution in [3.05, 3.63) is 58.1 Å². The van der Waals surface area contributed by atoms with E-state index >= 15 is 0 Å². The van der Waals surface area contributed by atoms with Gasteiger partial charge in [-0.2, -0.15) is 0 Å². The quantitative estimate of drug-likeness (QED) is 0.725. The molecule has 1 nitrogen and oxygen atoms in total. The van der Waals surface area contributed by atoms with E-state index in [1.165, 1.54) is 38.9 Å². The third-order valence-corrected chi connectivity index (χ3v) is 3.75. The van der Waals surface area contributed by atoms with Gasteiger partial charge in [0.1, 0.15) is 0 Å². The van der Waals surface area contributed by atoms with Gasteiger partial charge in [-0.3, -0.25) is 0 Å². The molecule has 1 atom stereocenters. The van der Waals surface area contributed by atoms with Gasteiger partial charge >= 0.3 is 0 Å². The maximum Gasteiger partial charge on any atom is 0.0566 e. The van der Waals surface area contributed by atoms with Crippen LogP contribution in [0, 0.1) is 20.8 Å². The van der Waals surface area contributed by atoms with Crippen molar-refractivity contribution in [1.29, 1.82) is 0 Å². The number of hydrogen-bond donors (Lipinski definition) is 1. The van der Waals surface area contributed by atoms with Crippen LogP contribution in [0.5, 0.6) is 0 Å². The zero-order valence-corrected chi connectivity index (χ0v) is 10.5. The van der Waals surface area contributed by atoms with E-state index in [-0.39, 0.29) is 6.04 Å². The van der Waals surface area contributed by atoms with Crippen molar-refractivity contribution in [2.24, 2.45) is 5.73 Å². The smallest absolute Gasteiger partial charge is 0.0566 e. The standard InChI is InChI=1S/C16H17N/c1-9-7-11(3)15-13(8-9)14-10(2)5-4-6-12(14)16(15)17/h4-8,16H,17H2,1-3H3. The van der Waals surface area contributed by atoms with Gasteiger partial charge in [-0.15, -0.1) is 0 Å². The van der Waals surface area contributed by atoms with Crippen molar-refractivity contribution < 1.29 is 0 Å². The monoisotopic (exact) mass is 223 g/mol. The molecule has 0 bridgehead atoms. The molecule has 0 aromatic heterocycles. The van der Waals surface area contributed by atoms with E-state index in [1.54, 1.807) is 0 Å². The lowest BCUT2D eigenvalue weighted by Crippen LogP contribution is -2.09. The molecule has 2 aromatic rings. The number of rotatable bonds is 0. The van der Waals surface area contributed by atoms with E-state index in [9.17, 15) is 0 Å². The zero-order chi connectivity index (χ0) is 12.2. The lowest BCUT2D eigenvalue weighted by atomic mass is 9.96. The van der Waals surface area contributed by atoms with Gasteiger partial charge in [0.25, 0.3) is 0 Å². The maximum absolute atomic E-state index is 6.38. The fourth-order valence-electron chi connectivity index (χ4n) is 3.07. The average molecular weight is 223 g/mol. The first kappa shape index (κ1) is 10.5. The van der Waals surface area contributed by atoms with Crippen LogP contribution in [-0.2, 0) is 0 Å². The number of hydrogen-bond acceptors (Lipinski definition) is 1. The summed E-state index contributed by atoms with van der Waals surface area (Å²) in [4.78, 5) is 0. The van der Waals surface area contributed by atoms with Crippen molar-refractivity contribution in [3.63, 3.8) is 0 Å². The van der Waals surface area contributed by atoms with E-state index in [2.05, 4.69) is 51.1 Å². The van der Waals surface area contributed by atoms with Gasteiger partial charge < -0.3 is 5.73 Å². The summed E-state index contributed by atoms with van der Waals surface area (Å²) in [6.07, 6.45) is 0. The molecule has 2 N–H and O–H groups in total. The lowest BCUT2D eigenvalue weighted by Gasteiger charge is -2.10. The lowest BCUT2D eigenvalue weighted by molar-refractivity contribution is 0.890. The first-order valence-corrected chi connectivity index (χ1v) is 6.06. The summed E-state index contributed by atoms with van der Waals surface area (Å²) in [7, 11) is 0. The SMILES string of the molecule is Cc1cc(C)c2c(c1)-c1c(C)cccc1C2N. The third kappa shape index (κ3) is 1.36. The second-order valence-electron chi connectivity index (χ2n) is 5.06. The van der Waals surface area contributed by atoms with E-state index in [4.69, 9.17) is 5.73 Å². The molecule has 0 heterocycles. The van der Waals surface area contributed by atoms with Crippen LogP contribution < -0.4 is 5.73 Å². The number of nitrogens with two attached hydrogens (primary N) is 1. The van der Waals surface area contributed by atoms with Crippen LogP contribution in [0.3, 0.4) is 0 Å². The van der Waals surface area contributed by atoms with Crippen LogP contribution in [-0.4, -0.2) is 0 Å². The van der Waals surface area contributed by atoms with Gasteiger partial charge in [0.15, 0.2) is 0 Å². The van der Waals surface area contributed by atoms with Crippen LogP contribution in [0.4, 0.5) is 0 Å². The third-order valence-electron chi connectivity index (χ3n) is 3.75. The molecule has 86 valence electrons. The molecule has 2 aromatic carbocycles. The topological polar surface area (TPSA) is 26.0 Å². The van der Waals surface area contributed by atoms with Gasteiger partial charge in [-0.1, -0.05) is 35.9 Å². The second-order valence-corrected chi connectivity index (χ2v) is 5.06. The van der Waals surface area contributed by atoms with Crippen molar-refractivity contribution in [3.8, 4) is 11.1 Å². The van der Waals surface area contributed by atoms with Gasteiger partial charge in [0.05, 0.1) is 6.04 Å². The highest BCUT2D eigenvalue weighted by molar-refractivity contribution is 5.82. The van der Waals surface area contributed by atoms with Crippen LogP contribution in [0.25, 0.3) is 11.1 Å². The number of fused-ring (bicyclic) bond motifs is 3. The molecule has 0 spiro atoms. The van der Waals surface area contributed by atoms with E-state index < -0.39 is 0 Å². The van der Waals surface area contributed by atoms with Crippen LogP contribution in [0.1, 0.15) is 33.9 Å². The largest absolute Gasteiger partial charge is 0.320 e. The Morgan fingerprint density at radius 3 is 2.53 bits per heavy atom. The Morgan fingerprint density at radius 2 is 1.76 bits per heavy atom. The van der Waals surface area contributed by atoms with Crippen molar-refractivity contribution in [2.75, 3.05) is 0 Å². The Kier molecular flexibility index (Phi) is 2.14. The summed E-state index contributed by atoms with van der Waals surface area (Å²) in [5, 5.41) is 0. The van der Waals surface area contributed by atoms with Gasteiger partial charge in [-0.25, -0.2) is 0 Å². The zero-order valence-electron chi connectivity index (χ0n) is 10.5. The Hall–Kier alpha value is -1.60. The highest BCUT2D eigenvalue weighted by Crippen LogP contribution is 2.45. The molecule has 0 saturated heterocycles. The highest BCUT2D eigenvalue weighted by atomic mass is 14.7. The van der Waals surface area contributed by atoms with Crippen molar-refractivity contribution >= 4 is 0 Å². The highest BCUT2D eigenvalue weighted by Gasteiger charge is 2.28. The Balaban J connectivity index is 2.41. The molecule has 0 radical (unpaired) electrons. The van der Waals surface area contributed by atoms with E-state index in [1.807, 2.05) is 0 Å². The molecular weight excluding hydrogens is 206 g/mol. The minimum atomic E-state index is 0.0421. The van der Waals surface area contributed by atoms with Crippen LogP contribution in [0.2, 0.25) is 0 Å². The van der Waals surface area contributed by atoms with E-state index in [0.29, 0.717) is 0 Å². The minimum Gasteiger partial charge on any atom is -0.320 e. The average Bonchev–Trinajstić information content (AvgIpc) is 2.54. The predicted molar refractivity (Wildman–Crippen MR) is 72.1 cm³/mol.